The van der Waals surface area contributed by atoms with Gasteiger partial charge in [-0.3, -0.25) is 14.4 Å². The van der Waals surface area contributed by atoms with Gasteiger partial charge in [0.2, 0.25) is 11.8 Å². The fourth-order valence-electron chi connectivity index (χ4n) is 4.67. The number of hydrogen-bond donors (Lipinski definition) is 4. The summed E-state index contributed by atoms with van der Waals surface area (Å²) in [7, 11) is 0. The molecule has 0 rings (SSSR count). The fraction of sp³-hybridized carbons (Fsp3) is 0.641. The van der Waals surface area contributed by atoms with Crippen LogP contribution in [0.1, 0.15) is 136 Å². The molecular formula is C39H64N2O7. The molecule has 0 radical (unpaired) electrons. The number of carboxylic acid groups (broad SMARTS) is 1. The molecule has 2 amide bonds. The second kappa shape index (κ2) is 33.4. The second-order valence-corrected chi connectivity index (χ2v) is 11.9. The number of carbonyl (C=O) groups excluding carboxylic acids is 3. The molecule has 0 aromatic rings. The van der Waals surface area contributed by atoms with Crippen LogP contribution in [-0.4, -0.2) is 59.3 Å². The van der Waals surface area contributed by atoms with Gasteiger partial charge in [-0.25, -0.2) is 4.79 Å². The van der Waals surface area contributed by atoms with Crippen LogP contribution in [0, 0.1) is 0 Å². The molecule has 0 aromatic carbocycles. The maximum absolute atomic E-state index is 12.6. The van der Waals surface area contributed by atoms with Crippen LogP contribution >= 0.6 is 0 Å². The zero-order valence-electron chi connectivity index (χ0n) is 29.7. The molecule has 4 N–H and O–H groups in total. The monoisotopic (exact) mass is 672 g/mol. The second-order valence-electron chi connectivity index (χ2n) is 11.9. The number of carboxylic acids is 1. The van der Waals surface area contributed by atoms with Crippen LogP contribution in [0.5, 0.6) is 0 Å². The third-order valence-electron chi connectivity index (χ3n) is 7.48. The van der Waals surface area contributed by atoms with Crippen molar-refractivity contribution in [3.8, 4) is 0 Å². The molecule has 0 saturated carbocycles. The third-order valence-corrected chi connectivity index (χ3v) is 7.48. The van der Waals surface area contributed by atoms with Crippen LogP contribution < -0.4 is 10.6 Å². The topological polar surface area (TPSA) is 142 Å². The summed E-state index contributed by atoms with van der Waals surface area (Å²) in [5, 5.41) is 22.4. The summed E-state index contributed by atoms with van der Waals surface area (Å²) in [5.41, 5.74) is 0. The molecule has 0 aliphatic carbocycles. The number of aliphatic hydroxyl groups excluding tert-OH is 1. The lowest BCUT2D eigenvalue weighted by Gasteiger charge is -2.15. The van der Waals surface area contributed by atoms with Crippen molar-refractivity contribution in [1.29, 1.82) is 0 Å². The summed E-state index contributed by atoms with van der Waals surface area (Å²) in [4.78, 5) is 47.3. The third kappa shape index (κ3) is 29.9. The summed E-state index contributed by atoms with van der Waals surface area (Å²) in [6, 6.07) is -1.40. The number of unbranched alkanes of at least 4 members (excludes halogenated alkanes) is 9. The van der Waals surface area contributed by atoms with Crippen molar-refractivity contribution in [1.82, 2.24) is 10.6 Å². The molecule has 0 aromatic heterocycles. The number of nitrogens with one attached hydrogen (secondary N) is 2. The lowest BCUT2D eigenvalue weighted by Crippen LogP contribution is -2.47. The van der Waals surface area contributed by atoms with Crippen LogP contribution in [0.25, 0.3) is 0 Å². The molecule has 0 saturated heterocycles. The minimum absolute atomic E-state index is 0.160. The van der Waals surface area contributed by atoms with Crippen LogP contribution in [0.15, 0.2) is 60.8 Å². The highest BCUT2D eigenvalue weighted by molar-refractivity contribution is 5.87. The molecule has 0 aliphatic heterocycles. The molecule has 9 nitrogen and oxygen atoms in total. The first kappa shape index (κ1) is 44.5. The average molecular weight is 673 g/mol. The van der Waals surface area contributed by atoms with Gasteiger partial charge in [0.1, 0.15) is 12.1 Å². The highest BCUT2D eigenvalue weighted by atomic mass is 16.5. The molecule has 272 valence electrons. The zero-order valence-corrected chi connectivity index (χ0v) is 29.7. The minimum Gasteiger partial charge on any atom is -0.480 e. The summed E-state index contributed by atoms with van der Waals surface area (Å²) < 4.78 is 5.84. The van der Waals surface area contributed by atoms with Gasteiger partial charge in [-0.1, -0.05) is 101 Å². The largest absolute Gasteiger partial charge is 0.480 e. The lowest BCUT2D eigenvalue weighted by atomic mass is 10.1. The molecule has 2 unspecified atom stereocenters. The number of aliphatic hydroxyl groups is 1. The van der Waals surface area contributed by atoms with E-state index in [4.69, 9.17) is 14.9 Å². The van der Waals surface area contributed by atoms with E-state index in [9.17, 15) is 19.2 Å². The number of esters is 1. The minimum atomic E-state index is -1.40. The molecule has 2 atom stereocenters. The van der Waals surface area contributed by atoms with Crippen molar-refractivity contribution >= 4 is 23.8 Å². The Morgan fingerprint density at radius 3 is 1.90 bits per heavy atom. The van der Waals surface area contributed by atoms with E-state index in [1.807, 2.05) is 6.08 Å². The van der Waals surface area contributed by atoms with Crippen LogP contribution in [0.2, 0.25) is 0 Å². The lowest BCUT2D eigenvalue weighted by molar-refractivity contribution is -0.147. The Hall–Kier alpha value is -3.46. The summed E-state index contributed by atoms with van der Waals surface area (Å²) in [6.07, 6.45) is 38.4. The molecular weight excluding hydrogens is 608 g/mol. The van der Waals surface area contributed by atoms with Gasteiger partial charge >= 0.3 is 11.9 Å². The molecule has 0 spiro atoms. The van der Waals surface area contributed by atoms with Crippen molar-refractivity contribution in [2.75, 3.05) is 13.2 Å². The zero-order chi connectivity index (χ0) is 35.5. The Balaban J connectivity index is 4.43. The Labute approximate surface area is 290 Å². The van der Waals surface area contributed by atoms with E-state index in [2.05, 4.69) is 79.2 Å². The number of aliphatic carboxylic acids is 1. The fourth-order valence-corrected chi connectivity index (χ4v) is 4.67. The van der Waals surface area contributed by atoms with Crippen molar-refractivity contribution in [2.45, 2.75) is 148 Å². The Morgan fingerprint density at radius 1 is 0.667 bits per heavy atom. The standard InChI is InChI=1S/C39H64N2O7/c1-3-5-7-9-11-13-14-15-16-17-19-21-27-31-38(45)48-34(28-24-20-18-12-10-8-6-4-2)29-25-22-23-26-30-36(43)40-32-37(44)41-35(33-42)39(46)47/h5,7,11-13,15-16,18,24,28,34-35,42H,3-4,6,8-10,14,17,19-23,25-27,29-33H2,1-2H3,(H,40,43)(H,41,44)(H,46,47)/b7-5-,13-11-,16-15-,18-12-,28-24-. The summed E-state index contributed by atoms with van der Waals surface area (Å²) in [5.74, 6) is -2.47. The molecule has 0 bridgehead atoms. The van der Waals surface area contributed by atoms with Crippen molar-refractivity contribution in [2.24, 2.45) is 0 Å². The van der Waals surface area contributed by atoms with Gasteiger partial charge in [-0.2, -0.15) is 0 Å². The number of rotatable bonds is 31. The first-order valence-electron chi connectivity index (χ1n) is 18.2. The quantitative estimate of drug-likeness (QED) is 0.0334. The van der Waals surface area contributed by atoms with E-state index in [0.717, 1.165) is 83.5 Å². The summed E-state index contributed by atoms with van der Waals surface area (Å²) in [6.45, 7) is 3.26. The average Bonchev–Trinajstić information content (AvgIpc) is 3.07. The maximum Gasteiger partial charge on any atom is 0.328 e. The smallest absolute Gasteiger partial charge is 0.328 e. The van der Waals surface area contributed by atoms with Gasteiger partial charge in [0.15, 0.2) is 0 Å². The van der Waals surface area contributed by atoms with E-state index in [0.29, 0.717) is 12.8 Å². The van der Waals surface area contributed by atoms with Crippen LogP contribution in [0.3, 0.4) is 0 Å². The van der Waals surface area contributed by atoms with E-state index < -0.39 is 24.5 Å². The number of allylic oxidation sites excluding steroid dienone is 9. The van der Waals surface area contributed by atoms with Crippen molar-refractivity contribution in [3.63, 3.8) is 0 Å². The molecule has 0 aliphatic rings. The Bertz CT molecular complexity index is 1000. The van der Waals surface area contributed by atoms with E-state index >= 15 is 0 Å². The highest BCUT2D eigenvalue weighted by Gasteiger charge is 2.18. The summed E-state index contributed by atoms with van der Waals surface area (Å²) >= 11 is 0. The van der Waals surface area contributed by atoms with Gasteiger partial charge in [0, 0.05) is 12.8 Å². The van der Waals surface area contributed by atoms with Crippen LogP contribution in [0.4, 0.5) is 0 Å². The number of ether oxygens (including phenoxy) is 1. The van der Waals surface area contributed by atoms with Gasteiger partial charge in [0.25, 0.3) is 0 Å². The number of hydrogen-bond acceptors (Lipinski definition) is 6. The first-order valence-corrected chi connectivity index (χ1v) is 18.2. The van der Waals surface area contributed by atoms with Gasteiger partial charge < -0.3 is 25.6 Å². The number of amides is 2. The predicted molar refractivity (Wildman–Crippen MR) is 194 cm³/mol. The van der Waals surface area contributed by atoms with E-state index in [1.165, 1.54) is 19.3 Å². The van der Waals surface area contributed by atoms with Gasteiger partial charge in [-0.05, 0) is 83.1 Å². The SMILES string of the molecule is CC/C=C\C/C=C\C/C=C\CCCCCC(=O)OC(/C=C\C/C=C\CCCCC)CCCCCCC(=O)NCC(=O)NC(CO)C(=O)O. The molecule has 0 heterocycles. The van der Waals surface area contributed by atoms with E-state index in [1.54, 1.807) is 0 Å². The maximum atomic E-state index is 12.6. The van der Waals surface area contributed by atoms with Crippen LogP contribution in [-0.2, 0) is 23.9 Å². The van der Waals surface area contributed by atoms with Crippen molar-refractivity contribution in [3.05, 3.63) is 60.8 Å². The highest BCUT2D eigenvalue weighted by Crippen LogP contribution is 2.14. The Morgan fingerprint density at radius 2 is 1.25 bits per heavy atom. The molecule has 0 fully saturated rings. The van der Waals surface area contributed by atoms with Crippen molar-refractivity contribution < 1.29 is 34.1 Å². The molecule has 48 heavy (non-hydrogen) atoms. The normalized spacial score (nSPS) is 13.2. The molecule has 9 heteroatoms. The predicted octanol–water partition coefficient (Wildman–Crippen LogP) is 7.81. The van der Waals surface area contributed by atoms with E-state index in [-0.39, 0.29) is 30.9 Å². The first-order chi connectivity index (χ1) is 23.3. The Kier molecular flexibility index (Phi) is 31.0. The van der Waals surface area contributed by atoms with Gasteiger partial charge in [-0.15, -0.1) is 0 Å². The van der Waals surface area contributed by atoms with Gasteiger partial charge in [0.05, 0.1) is 13.2 Å². The number of carbonyl (C=O) groups is 4.